The van der Waals surface area contributed by atoms with Crippen molar-refractivity contribution in [2.24, 2.45) is 0 Å². The van der Waals surface area contributed by atoms with Crippen LogP contribution in [-0.4, -0.2) is 19.6 Å². The number of nitrogens with zero attached hydrogens (tertiary/aromatic N) is 3. The van der Waals surface area contributed by atoms with Gasteiger partial charge in [-0.1, -0.05) is 29.3 Å². The Bertz CT molecular complexity index is 785. The van der Waals surface area contributed by atoms with Gasteiger partial charge < -0.3 is 5.32 Å². The summed E-state index contributed by atoms with van der Waals surface area (Å²) in [4.78, 5) is 16.0. The van der Waals surface area contributed by atoms with Crippen LogP contribution in [0.5, 0.6) is 0 Å². The number of aromatic nitrogens is 3. The maximum absolute atomic E-state index is 12.2. The zero-order valence-electron chi connectivity index (χ0n) is 9.80. The number of hydrogen-bond acceptors (Lipinski definition) is 5. The van der Waals surface area contributed by atoms with Crippen LogP contribution in [0, 0.1) is 0 Å². The second-order valence-electron chi connectivity index (χ2n) is 3.89. The highest BCUT2D eigenvalue weighted by molar-refractivity contribution is 7.00. The summed E-state index contributed by atoms with van der Waals surface area (Å²) in [6.07, 6.45) is 0. The van der Waals surface area contributed by atoms with Crippen molar-refractivity contribution in [2.45, 2.75) is 0 Å². The fraction of sp³-hybridized carbons (Fsp3) is 0. The van der Waals surface area contributed by atoms with Gasteiger partial charge in [0, 0.05) is 5.56 Å². The number of anilines is 1. The van der Waals surface area contributed by atoms with Crippen LogP contribution in [0.1, 0.15) is 10.4 Å². The molecule has 0 aliphatic heterocycles. The second-order valence-corrected chi connectivity index (χ2v) is 5.20. The summed E-state index contributed by atoms with van der Waals surface area (Å²) in [5.41, 5.74) is 2.30. The standard InChI is InChI=1S/C12H6Cl2N4OS/c13-9-4-6(5-10(14)16-9)12(19)15-7-2-1-3-8-11(7)18-20-17-8/h1-5H,(H,15,19). The molecule has 0 fully saturated rings. The summed E-state index contributed by atoms with van der Waals surface area (Å²) < 4.78 is 8.27. The summed E-state index contributed by atoms with van der Waals surface area (Å²) in [6, 6.07) is 8.27. The molecule has 1 amide bonds. The van der Waals surface area contributed by atoms with Crippen molar-refractivity contribution in [1.82, 2.24) is 13.7 Å². The van der Waals surface area contributed by atoms with E-state index in [9.17, 15) is 4.79 Å². The van der Waals surface area contributed by atoms with Gasteiger partial charge in [0.25, 0.3) is 5.91 Å². The van der Waals surface area contributed by atoms with E-state index in [2.05, 4.69) is 19.0 Å². The van der Waals surface area contributed by atoms with E-state index in [0.717, 1.165) is 17.2 Å². The van der Waals surface area contributed by atoms with Crippen LogP contribution in [0.2, 0.25) is 10.3 Å². The third kappa shape index (κ3) is 2.58. The van der Waals surface area contributed by atoms with Gasteiger partial charge in [-0.25, -0.2) is 4.98 Å². The van der Waals surface area contributed by atoms with Crippen LogP contribution in [-0.2, 0) is 0 Å². The van der Waals surface area contributed by atoms with Crippen LogP contribution in [0.15, 0.2) is 30.3 Å². The smallest absolute Gasteiger partial charge is 0.255 e. The van der Waals surface area contributed by atoms with Gasteiger partial charge >= 0.3 is 0 Å². The highest BCUT2D eigenvalue weighted by atomic mass is 35.5. The maximum Gasteiger partial charge on any atom is 0.255 e. The lowest BCUT2D eigenvalue weighted by molar-refractivity contribution is 0.102. The van der Waals surface area contributed by atoms with Crippen molar-refractivity contribution < 1.29 is 4.79 Å². The molecule has 0 radical (unpaired) electrons. The highest BCUT2D eigenvalue weighted by Crippen LogP contribution is 2.22. The molecule has 8 heteroatoms. The molecule has 1 N–H and O–H groups in total. The van der Waals surface area contributed by atoms with Crippen LogP contribution in [0.4, 0.5) is 5.69 Å². The Hall–Kier alpha value is -1.76. The van der Waals surface area contributed by atoms with Crippen molar-refractivity contribution in [2.75, 3.05) is 5.32 Å². The summed E-state index contributed by atoms with van der Waals surface area (Å²) in [6.45, 7) is 0. The minimum Gasteiger partial charge on any atom is -0.320 e. The summed E-state index contributed by atoms with van der Waals surface area (Å²) >= 11 is 12.6. The van der Waals surface area contributed by atoms with Crippen molar-refractivity contribution in [1.29, 1.82) is 0 Å². The largest absolute Gasteiger partial charge is 0.320 e. The van der Waals surface area contributed by atoms with E-state index in [1.54, 1.807) is 12.1 Å². The molecule has 1 aromatic carbocycles. The Morgan fingerprint density at radius 3 is 2.65 bits per heavy atom. The molecule has 0 bridgehead atoms. The van der Waals surface area contributed by atoms with Gasteiger partial charge in [-0.05, 0) is 24.3 Å². The van der Waals surface area contributed by atoms with Crippen LogP contribution in [0.3, 0.4) is 0 Å². The number of amides is 1. The van der Waals surface area contributed by atoms with Gasteiger partial charge in [-0.15, -0.1) is 0 Å². The van der Waals surface area contributed by atoms with Crippen molar-refractivity contribution in [3.05, 3.63) is 46.2 Å². The van der Waals surface area contributed by atoms with Crippen molar-refractivity contribution in [3.63, 3.8) is 0 Å². The molecule has 0 saturated carbocycles. The predicted molar refractivity (Wildman–Crippen MR) is 79.6 cm³/mol. The Morgan fingerprint density at radius 1 is 1.15 bits per heavy atom. The normalized spacial score (nSPS) is 10.7. The topological polar surface area (TPSA) is 67.8 Å². The quantitative estimate of drug-likeness (QED) is 0.730. The number of nitrogens with one attached hydrogen (secondary N) is 1. The molecule has 0 spiro atoms. The van der Waals surface area contributed by atoms with E-state index in [4.69, 9.17) is 23.2 Å². The molecule has 3 rings (SSSR count). The van der Waals surface area contributed by atoms with Gasteiger partial charge in [-0.3, -0.25) is 4.79 Å². The third-order valence-corrected chi connectivity index (χ3v) is 3.49. The average molecular weight is 325 g/mol. The van der Waals surface area contributed by atoms with Gasteiger partial charge in [0.1, 0.15) is 21.3 Å². The maximum atomic E-state index is 12.2. The molecule has 0 aliphatic rings. The summed E-state index contributed by atoms with van der Waals surface area (Å²) in [7, 11) is 0. The lowest BCUT2D eigenvalue weighted by Crippen LogP contribution is -2.12. The van der Waals surface area contributed by atoms with Gasteiger partial charge in [0.05, 0.1) is 17.4 Å². The lowest BCUT2D eigenvalue weighted by atomic mass is 10.2. The fourth-order valence-corrected chi connectivity index (χ4v) is 2.71. The zero-order valence-corrected chi connectivity index (χ0v) is 12.1. The lowest BCUT2D eigenvalue weighted by Gasteiger charge is -2.06. The van der Waals surface area contributed by atoms with E-state index in [0.29, 0.717) is 16.8 Å². The van der Waals surface area contributed by atoms with Gasteiger partial charge in [0.15, 0.2) is 0 Å². The first-order valence-corrected chi connectivity index (χ1v) is 6.98. The number of carbonyl (C=O) groups excluding carboxylic acids is 1. The monoisotopic (exact) mass is 324 g/mol. The minimum absolute atomic E-state index is 0.163. The SMILES string of the molecule is O=C(Nc1cccc2nsnc12)c1cc(Cl)nc(Cl)c1. The molecule has 3 aromatic rings. The molecule has 0 saturated heterocycles. The first-order valence-electron chi connectivity index (χ1n) is 5.49. The van der Waals surface area contributed by atoms with Crippen molar-refractivity contribution >= 4 is 57.6 Å². The zero-order chi connectivity index (χ0) is 14.1. The number of pyridine rings is 1. The Labute approximate surface area is 127 Å². The molecule has 100 valence electrons. The Balaban J connectivity index is 1.94. The number of halogens is 2. The van der Waals surface area contributed by atoms with E-state index < -0.39 is 0 Å². The number of carbonyl (C=O) groups is 1. The molecule has 5 nitrogen and oxygen atoms in total. The minimum atomic E-state index is -0.336. The predicted octanol–water partition coefficient (Wildman–Crippen LogP) is 3.65. The Morgan fingerprint density at radius 2 is 1.90 bits per heavy atom. The molecule has 0 unspecified atom stereocenters. The number of hydrogen-bond donors (Lipinski definition) is 1. The molecular weight excluding hydrogens is 319 g/mol. The van der Waals surface area contributed by atoms with Gasteiger partial charge in [0.2, 0.25) is 0 Å². The number of fused-ring (bicyclic) bond motifs is 1. The second kappa shape index (κ2) is 5.32. The fourth-order valence-electron chi connectivity index (χ4n) is 1.70. The van der Waals surface area contributed by atoms with Crippen LogP contribution in [0.25, 0.3) is 11.0 Å². The van der Waals surface area contributed by atoms with Crippen molar-refractivity contribution in [3.8, 4) is 0 Å². The van der Waals surface area contributed by atoms with E-state index in [1.807, 2.05) is 6.07 Å². The molecule has 0 atom stereocenters. The van der Waals surface area contributed by atoms with Crippen LogP contribution < -0.4 is 5.32 Å². The molecule has 0 aliphatic carbocycles. The van der Waals surface area contributed by atoms with Crippen LogP contribution >= 0.6 is 34.9 Å². The number of rotatable bonds is 2. The van der Waals surface area contributed by atoms with E-state index in [1.165, 1.54) is 12.1 Å². The summed E-state index contributed by atoms with van der Waals surface area (Å²) in [5.74, 6) is -0.336. The molecule has 20 heavy (non-hydrogen) atoms. The third-order valence-electron chi connectivity index (χ3n) is 2.56. The highest BCUT2D eigenvalue weighted by Gasteiger charge is 2.12. The van der Waals surface area contributed by atoms with Gasteiger partial charge in [-0.2, -0.15) is 8.75 Å². The first-order chi connectivity index (χ1) is 9.63. The molecular formula is C12H6Cl2N4OS. The summed E-state index contributed by atoms with van der Waals surface area (Å²) in [5, 5.41) is 3.09. The number of benzene rings is 1. The Kier molecular flexibility index (Phi) is 3.52. The van der Waals surface area contributed by atoms with E-state index >= 15 is 0 Å². The molecule has 2 heterocycles. The first kappa shape index (κ1) is 13.2. The van der Waals surface area contributed by atoms with E-state index in [-0.39, 0.29) is 16.2 Å². The molecule has 2 aromatic heterocycles. The average Bonchev–Trinajstić information content (AvgIpc) is 2.87.